The maximum Gasteiger partial charge on any atom is 0.339 e. The summed E-state index contributed by atoms with van der Waals surface area (Å²) in [7, 11) is 0. The summed E-state index contributed by atoms with van der Waals surface area (Å²) in [4.78, 5) is 14.6. The third-order valence-corrected chi connectivity index (χ3v) is 2.16. The molecule has 2 rings (SSSR count). The van der Waals surface area contributed by atoms with Crippen molar-refractivity contribution in [1.29, 1.82) is 0 Å². The van der Waals surface area contributed by atoms with Crippen LogP contribution in [0.2, 0.25) is 0 Å². The number of carboxylic acid groups (broad SMARTS) is 1. The maximum atomic E-state index is 10.8. The third kappa shape index (κ3) is 1.37. The molecule has 2 aromatic rings. The summed E-state index contributed by atoms with van der Waals surface area (Å²) in [5, 5.41) is 12.7. The van der Waals surface area contributed by atoms with Crippen LogP contribution in [0.3, 0.4) is 0 Å². The Labute approximate surface area is 86.5 Å². The molecule has 6 heteroatoms. The predicted molar refractivity (Wildman–Crippen MR) is 52.7 cm³/mol. The zero-order valence-electron chi connectivity index (χ0n) is 6.31. The van der Waals surface area contributed by atoms with Gasteiger partial charge in [0.05, 0.1) is 0 Å². The van der Waals surface area contributed by atoms with Crippen molar-refractivity contribution < 1.29 is 9.90 Å². The predicted octanol–water partition coefficient (Wildman–Crippen LogP) is 1.03. The molecule has 13 heavy (non-hydrogen) atoms. The first-order valence-corrected chi connectivity index (χ1v) is 4.48. The molecular formula is C7H4IN3O2. The lowest BCUT2D eigenvalue weighted by molar-refractivity contribution is 0.0698. The van der Waals surface area contributed by atoms with Crippen molar-refractivity contribution in [2.75, 3.05) is 0 Å². The highest BCUT2D eigenvalue weighted by Crippen LogP contribution is 2.12. The van der Waals surface area contributed by atoms with E-state index in [1.807, 2.05) is 22.6 Å². The van der Waals surface area contributed by atoms with Crippen LogP contribution in [-0.2, 0) is 0 Å². The van der Waals surface area contributed by atoms with Crippen molar-refractivity contribution in [1.82, 2.24) is 14.6 Å². The van der Waals surface area contributed by atoms with Crippen molar-refractivity contribution in [3.05, 3.63) is 27.7 Å². The van der Waals surface area contributed by atoms with E-state index in [4.69, 9.17) is 5.11 Å². The number of carbonyl (C=O) groups is 1. The van der Waals surface area contributed by atoms with E-state index < -0.39 is 5.97 Å². The van der Waals surface area contributed by atoms with Crippen molar-refractivity contribution in [3.8, 4) is 0 Å². The fourth-order valence-corrected chi connectivity index (χ4v) is 1.63. The van der Waals surface area contributed by atoms with Crippen molar-refractivity contribution in [2.24, 2.45) is 0 Å². The Kier molecular flexibility index (Phi) is 1.91. The average Bonchev–Trinajstić information content (AvgIpc) is 2.49. The second kappa shape index (κ2) is 2.95. The van der Waals surface area contributed by atoms with Gasteiger partial charge in [0.25, 0.3) is 0 Å². The van der Waals surface area contributed by atoms with Crippen molar-refractivity contribution >= 4 is 34.2 Å². The van der Waals surface area contributed by atoms with Gasteiger partial charge in [-0.15, -0.1) is 0 Å². The molecule has 0 unspecified atom stereocenters. The summed E-state index contributed by atoms with van der Waals surface area (Å²) in [6, 6.07) is 1.56. The summed E-state index contributed by atoms with van der Waals surface area (Å²) >= 11 is 2.03. The Hall–Kier alpha value is -1.18. The lowest BCUT2D eigenvalue weighted by Crippen LogP contribution is -2.02. The first-order chi connectivity index (χ1) is 6.18. The molecule has 0 aliphatic rings. The van der Waals surface area contributed by atoms with Gasteiger partial charge in [-0.3, -0.25) is 0 Å². The molecule has 5 nitrogen and oxygen atoms in total. The number of pyridine rings is 1. The summed E-state index contributed by atoms with van der Waals surface area (Å²) in [5.74, 6) is -0.989. The highest BCUT2D eigenvalue weighted by atomic mass is 127. The fraction of sp³-hybridized carbons (Fsp3) is 0. The fourth-order valence-electron chi connectivity index (χ4n) is 1.05. The van der Waals surface area contributed by atoms with Crippen LogP contribution in [0, 0.1) is 3.57 Å². The first kappa shape index (κ1) is 8.42. The van der Waals surface area contributed by atoms with E-state index in [1.165, 1.54) is 10.8 Å². The highest BCUT2D eigenvalue weighted by molar-refractivity contribution is 14.1. The van der Waals surface area contributed by atoms with Gasteiger partial charge in [-0.05, 0) is 28.7 Å². The second-order valence-electron chi connectivity index (χ2n) is 2.41. The van der Waals surface area contributed by atoms with E-state index in [2.05, 4.69) is 10.1 Å². The smallest absolute Gasteiger partial charge is 0.339 e. The molecule has 0 aliphatic heterocycles. The van der Waals surface area contributed by atoms with Gasteiger partial charge in [-0.2, -0.15) is 5.10 Å². The number of hydrogen-bond acceptors (Lipinski definition) is 3. The number of aromatic carboxylic acids is 1. The van der Waals surface area contributed by atoms with Gasteiger partial charge in [0.2, 0.25) is 0 Å². The molecule has 0 saturated carbocycles. The van der Waals surface area contributed by atoms with Crippen LogP contribution in [0.4, 0.5) is 0 Å². The lowest BCUT2D eigenvalue weighted by Gasteiger charge is -1.97. The molecule has 0 aliphatic carbocycles. The van der Waals surface area contributed by atoms with Gasteiger partial charge in [0, 0.05) is 9.77 Å². The summed E-state index contributed by atoms with van der Waals surface area (Å²) < 4.78 is 2.26. The summed E-state index contributed by atoms with van der Waals surface area (Å²) in [5.41, 5.74) is 0.539. The number of fused-ring (bicyclic) bond motifs is 1. The highest BCUT2D eigenvalue weighted by Gasteiger charge is 2.11. The van der Waals surface area contributed by atoms with Gasteiger partial charge in [-0.25, -0.2) is 14.3 Å². The maximum absolute atomic E-state index is 10.8. The molecule has 0 amide bonds. The van der Waals surface area contributed by atoms with Crippen molar-refractivity contribution in [2.45, 2.75) is 0 Å². The Morgan fingerprint density at radius 1 is 1.62 bits per heavy atom. The molecule has 0 saturated heterocycles. The largest absolute Gasteiger partial charge is 0.478 e. The van der Waals surface area contributed by atoms with Crippen LogP contribution in [-0.4, -0.2) is 25.7 Å². The number of rotatable bonds is 1. The molecule has 0 aromatic carbocycles. The van der Waals surface area contributed by atoms with Crippen LogP contribution in [0.5, 0.6) is 0 Å². The number of hydrogen-bond donors (Lipinski definition) is 1. The molecule has 0 radical (unpaired) electrons. The van der Waals surface area contributed by atoms with Gasteiger partial charge in [0.15, 0.2) is 5.65 Å². The Morgan fingerprint density at radius 2 is 2.38 bits per heavy atom. The minimum absolute atomic E-state index is 0.171. The van der Waals surface area contributed by atoms with E-state index in [0.717, 1.165) is 3.57 Å². The van der Waals surface area contributed by atoms with E-state index in [0.29, 0.717) is 5.65 Å². The standard InChI is InChI=1S/C7H4IN3O2/c8-4-1-5(7(12)13)6-9-3-10-11(6)2-4/h1-3H,(H,12,13). The topological polar surface area (TPSA) is 67.5 Å². The molecule has 0 spiro atoms. The molecular weight excluding hydrogens is 285 g/mol. The summed E-state index contributed by atoms with van der Waals surface area (Å²) in [6.45, 7) is 0. The Balaban J connectivity index is 2.84. The van der Waals surface area contributed by atoms with Crippen LogP contribution < -0.4 is 0 Å². The van der Waals surface area contributed by atoms with Gasteiger partial charge >= 0.3 is 5.97 Å². The number of nitrogens with zero attached hydrogens (tertiary/aromatic N) is 3. The van der Waals surface area contributed by atoms with E-state index in [1.54, 1.807) is 12.3 Å². The van der Waals surface area contributed by atoms with Crippen LogP contribution in [0.1, 0.15) is 10.4 Å². The Morgan fingerprint density at radius 3 is 3.08 bits per heavy atom. The zero-order chi connectivity index (χ0) is 9.42. The Bertz CT molecular complexity index is 480. The molecule has 2 heterocycles. The second-order valence-corrected chi connectivity index (χ2v) is 3.65. The number of halogens is 1. The van der Waals surface area contributed by atoms with Crippen LogP contribution in [0.25, 0.3) is 5.65 Å². The van der Waals surface area contributed by atoms with E-state index >= 15 is 0 Å². The SMILES string of the molecule is O=C(O)c1cc(I)cn2ncnc12. The quantitative estimate of drug-likeness (QED) is 0.796. The van der Waals surface area contributed by atoms with Crippen LogP contribution in [0.15, 0.2) is 18.6 Å². The number of aromatic nitrogens is 3. The average molecular weight is 289 g/mol. The molecule has 1 N–H and O–H groups in total. The molecule has 0 bridgehead atoms. The van der Waals surface area contributed by atoms with Gasteiger partial charge in [-0.1, -0.05) is 0 Å². The monoisotopic (exact) mass is 289 g/mol. The normalized spacial score (nSPS) is 10.5. The minimum Gasteiger partial charge on any atom is -0.478 e. The zero-order valence-corrected chi connectivity index (χ0v) is 8.46. The summed E-state index contributed by atoms with van der Waals surface area (Å²) in [6.07, 6.45) is 3.05. The molecule has 0 atom stereocenters. The van der Waals surface area contributed by atoms with Crippen molar-refractivity contribution in [3.63, 3.8) is 0 Å². The van der Waals surface area contributed by atoms with Gasteiger partial charge < -0.3 is 5.11 Å². The van der Waals surface area contributed by atoms with E-state index in [9.17, 15) is 4.79 Å². The first-order valence-electron chi connectivity index (χ1n) is 3.40. The third-order valence-electron chi connectivity index (χ3n) is 1.57. The van der Waals surface area contributed by atoms with E-state index in [-0.39, 0.29) is 5.56 Å². The molecule has 66 valence electrons. The minimum atomic E-state index is -0.989. The molecule has 2 aromatic heterocycles. The van der Waals surface area contributed by atoms with Crippen LogP contribution >= 0.6 is 22.6 Å². The molecule has 0 fully saturated rings. The number of carboxylic acids is 1. The van der Waals surface area contributed by atoms with Gasteiger partial charge in [0.1, 0.15) is 11.9 Å². The lowest BCUT2D eigenvalue weighted by atomic mass is 10.3.